The Hall–Kier alpha value is -2.37. The number of carboxylic acids is 1. The van der Waals surface area contributed by atoms with Crippen molar-refractivity contribution in [2.24, 2.45) is 29.6 Å². The van der Waals surface area contributed by atoms with Crippen molar-refractivity contribution < 1.29 is 29.0 Å². The van der Waals surface area contributed by atoms with Gasteiger partial charge in [-0.3, -0.25) is 19.3 Å². The van der Waals surface area contributed by atoms with Crippen molar-refractivity contribution in [3.63, 3.8) is 0 Å². The number of carbonyl (C=O) groups is 3. The van der Waals surface area contributed by atoms with Gasteiger partial charge in [-0.25, -0.2) is 0 Å². The lowest BCUT2D eigenvalue weighted by atomic mass is 9.68. The van der Waals surface area contributed by atoms with Crippen LogP contribution >= 0.6 is 35.3 Å². The maximum absolute atomic E-state index is 13.3. The number of methoxy groups -OCH3 is 2. The lowest BCUT2D eigenvalue weighted by Gasteiger charge is -2.43. The quantitative estimate of drug-likeness (QED) is 0.458. The molecule has 1 aromatic carbocycles. The van der Waals surface area contributed by atoms with Gasteiger partial charge in [0, 0.05) is 16.0 Å². The number of ether oxygens (including phenoxy) is 2. The highest BCUT2D eigenvalue weighted by Crippen LogP contribution is 2.68. The van der Waals surface area contributed by atoms with Crippen LogP contribution in [-0.2, 0) is 14.4 Å². The van der Waals surface area contributed by atoms with Crippen molar-refractivity contribution in [2.75, 3.05) is 20.8 Å². The van der Waals surface area contributed by atoms with E-state index < -0.39 is 24.3 Å². The van der Waals surface area contributed by atoms with E-state index in [0.29, 0.717) is 15.5 Å². The Morgan fingerprint density at radius 2 is 1.88 bits per heavy atom. The number of imide groups is 1. The minimum absolute atomic E-state index is 0.00432. The number of aromatic amines is 1. The van der Waals surface area contributed by atoms with Gasteiger partial charge in [0.2, 0.25) is 11.8 Å². The minimum atomic E-state index is -1.17. The standard InChI is InChI=1S/C23H22N2O6S3/c1-30-11-4-3-8(5-12(11)31-2)14-15-9-6-10(18(15)33-20-19(14)34-23(32)24-20)17-16(9)21(28)25(22(17)29)7-13(26)27/h3-5,9-10,14-18H,6-7H2,1-2H3,(H,24,32)(H,26,27). The van der Waals surface area contributed by atoms with E-state index in [1.165, 1.54) is 0 Å². The van der Waals surface area contributed by atoms with Gasteiger partial charge in [-0.1, -0.05) is 6.07 Å². The fourth-order valence-electron chi connectivity index (χ4n) is 6.79. The summed E-state index contributed by atoms with van der Waals surface area (Å²) >= 11 is 8.77. The average Bonchev–Trinajstić information content (AvgIpc) is 3.54. The molecule has 3 heterocycles. The SMILES string of the molecule is COc1ccc(C2c3sc(=S)[nH]c3SC3C4CC(C5C(=O)N(CC(=O)O)C(=O)C45)C23)cc1OC. The number of nitrogens with zero attached hydrogens (tertiary/aromatic N) is 1. The van der Waals surface area contributed by atoms with Crippen molar-refractivity contribution in [1.29, 1.82) is 0 Å². The summed E-state index contributed by atoms with van der Waals surface area (Å²) in [5.41, 5.74) is 1.06. The zero-order chi connectivity index (χ0) is 23.9. The summed E-state index contributed by atoms with van der Waals surface area (Å²) in [6.45, 7) is -0.563. The molecule has 1 aromatic heterocycles. The Kier molecular flexibility index (Phi) is 5.09. The largest absolute Gasteiger partial charge is 0.493 e. The molecule has 7 atom stereocenters. The Balaban J connectivity index is 1.46. The molecule has 6 rings (SSSR count). The van der Waals surface area contributed by atoms with E-state index in [0.717, 1.165) is 26.8 Å². The molecule has 7 unspecified atom stereocenters. The molecule has 2 N–H and O–H groups in total. The maximum Gasteiger partial charge on any atom is 0.323 e. The van der Waals surface area contributed by atoms with Gasteiger partial charge >= 0.3 is 5.97 Å². The molecule has 0 radical (unpaired) electrons. The van der Waals surface area contributed by atoms with Gasteiger partial charge in [0.25, 0.3) is 0 Å². The molecular formula is C23H22N2O6S3. The van der Waals surface area contributed by atoms with Crippen LogP contribution in [0.4, 0.5) is 0 Å². The second kappa shape index (κ2) is 7.82. The van der Waals surface area contributed by atoms with Crippen LogP contribution in [0.2, 0.25) is 0 Å². The fourth-order valence-corrected chi connectivity index (χ4v) is 10.1. The number of rotatable bonds is 5. The predicted molar refractivity (Wildman–Crippen MR) is 127 cm³/mol. The van der Waals surface area contributed by atoms with Crippen molar-refractivity contribution in [1.82, 2.24) is 9.88 Å². The topological polar surface area (TPSA) is 109 Å². The van der Waals surface area contributed by atoms with Crippen LogP contribution in [0.3, 0.4) is 0 Å². The molecule has 2 bridgehead atoms. The van der Waals surface area contributed by atoms with Crippen molar-refractivity contribution in [3.8, 4) is 11.5 Å². The zero-order valence-corrected chi connectivity index (χ0v) is 20.8. The molecule has 2 aromatic rings. The number of hydrogen-bond donors (Lipinski definition) is 2. The molecule has 11 heteroatoms. The fraction of sp³-hybridized carbons (Fsp3) is 0.478. The third-order valence-corrected chi connectivity index (χ3v) is 10.8. The molecule has 0 spiro atoms. The smallest absolute Gasteiger partial charge is 0.323 e. The number of likely N-dealkylation sites (tertiary alicyclic amines) is 1. The molecule has 178 valence electrons. The first-order valence-electron chi connectivity index (χ1n) is 11.0. The summed E-state index contributed by atoms with van der Waals surface area (Å²) in [5.74, 6) is -1.27. The maximum atomic E-state index is 13.3. The highest BCUT2D eigenvalue weighted by molar-refractivity contribution is 8.00. The summed E-state index contributed by atoms with van der Waals surface area (Å²) in [6, 6.07) is 5.92. The first kappa shape index (κ1) is 22.1. The number of fused-ring (bicyclic) bond motifs is 9. The first-order chi connectivity index (χ1) is 16.3. The molecule has 4 aliphatic rings. The Labute approximate surface area is 208 Å². The van der Waals surface area contributed by atoms with Crippen LogP contribution in [0.15, 0.2) is 23.2 Å². The van der Waals surface area contributed by atoms with E-state index in [1.807, 2.05) is 18.2 Å². The number of carbonyl (C=O) groups excluding carboxylic acids is 2. The van der Waals surface area contributed by atoms with Crippen molar-refractivity contribution in [2.45, 2.75) is 22.6 Å². The number of carboxylic acid groups (broad SMARTS) is 1. The summed E-state index contributed by atoms with van der Waals surface area (Å²) in [7, 11) is 3.21. The Morgan fingerprint density at radius 1 is 1.18 bits per heavy atom. The van der Waals surface area contributed by atoms with Gasteiger partial charge in [0.15, 0.2) is 15.5 Å². The average molecular weight is 519 g/mol. The third-order valence-electron chi connectivity index (χ3n) is 7.88. The first-order valence-corrected chi connectivity index (χ1v) is 13.1. The molecule has 2 saturated carbocycles. The summed E-state index contributed by atoms with van der Waals surface area (Å²) in [4.78, 5) is 43.1. The second-order valence-corrected chi connectivity index (χ2v) is 12.1. The van der Waals surface area contributed by atoms with Crippen LogP contribution in [0, 0.1) is 33.5 Å². The summed E-state index contributed by atoms with van der Waals surface area (Å²) < 4.78 is 11.7. The van der Waals surface area contributed by atoms with E-state index in [4.69, 9.17) is 21.7 Å². The van der Waals surface area contributed by atoms with Gasteiger partial charge in [-0.2, -0.15) is 0 Å². The highest BCUT2D eigenvalue weighted by Gasteiger charge is 2.69. The van der Waals surface area contributed by atoms with Crippen LogP contribution in [-0.4, -0.2) is 58.8 Å². The number of thiazole rings is 1. The number of hydrogen-bond acceptors (Lipinski definition) is 8. The van der Waals surface area contributed by atoms with Gasteiger partial charge in [0.05, 0.1) is 31.1 Å². The van der Waals surface area contributed by atoms with Crippen LogP contribution in [0.1, 0.15) is 22.8 Å². The van der Waals surface area contributed by atoms with Crippen LogP contribution in [0.25, 0.3) is 0 Å². The van der Waals surface area contributed by atoms with Gasteiger partial charge < -0.3 is 19.6 Å². The van der Waals surface area contributed by atoms with Gasteiger partial charge in [-0.15, -0.1) is 23.1 Å². The van der Waals surface area contributed by atoms with Crippen molar-refractivity contribution in [3.05, 3.63) is 32.6 Å². The van der Waals surface area contributed by atoms with E-state index in [2.05, 4.69) is 4.98 Å². The molecular weight excluding hydrogens is 496 g/mol. The van der Waals surface area contributed by atoms with Crippen LogP contribution in [0.5, 0.6) is 11.5 Å². The van der Waals surface area contributed by atoms with Gasteiger partial charge in [0.1, 0.15) is 6.54 Å². The molecule has 8 nitrogen and oxygen atoms in total. The summed E-state index contributed by atoms with van der Waals surface area (Å²) in [6.07, 6.45) is 0.801. The van der Waals surface area contributed by atoms with Crippen molar-refractivity contribution >= 4 is 53.1 Å². The molecule has 34 heavy (non-hydrogen) atoms. The lowest BCUT2D eigenvalue weighted by molar-refractivity contribution is -0.149. The Morgan fingerprint density at radius 3 is 2.56 bits per heavy atom. The van der Waals surface area contributed by atoms with Crippen LogP contribution < -0.4 is 9.47 Å². The second-order valence-electron chi connectivity index (χ2n) is 9.23. The van der Waals surface area contributed by atoms with Gasteiger partial charge in [-0.05, 0) is 54.1 Å². The zero-order valence-electron chi connectivity index (χ0n) is 18.3. The monoisotopic (exact) mass is 518 g/mol. The number of H-pyrrole nitrogens is 1. The van der Waals surface area contributed by atoms with E-state index >= 15 is 0 Å². The van der Waals surface area contributed by atoms with E-state index in [-0.39, 0.29) is 40.7 Å². The number of aromatic nitrogens is 1. The normalized spacial score (nSPS) is 33.0. The predicted octanol–water partition coefficient (Wildman–Crippen LogP) is 3.38. The number of amides is 2. The molecule has 2 aliphatic heterocycles. The number of thioether (sulfide) groups is 1. The summed E-state index contributed by atoms with van der Waals surface area (Å²) in [5, 5.41) is 10.4. The molecule has 1 saturated heterocycles. The number of nitrogens with one attached hydrogen (secondary N) is 1. The highest BCUT2D eigenvalue weighted by atomic mass is 32.2. The lowest BCUT2D eigenvalue weighted by Crippen LogP contribution is -2.42. The molecule has 2 aliphatic carbocycles. The minimum Gasteiger partial charge on any atom is -0.493 e. The molecule has 3 fully saturated rings. The number of benzene rings is 1. The number of aliphatic carboxylic acids is 1. The van der Waals surface area contributed by atoms with E-state index in [9.17, 15) is 19.5 Å². The van der Waals surface area contributed by atoms with E-state index in [1.54, 1.807) is 37.3 Å². The third kappa shape index (κ3) is 2.96. The Bertz CT molecular complexity index is 1290. The molecule has 2 amide bonds.